The van der Waals surface area contributed by atoms with Crippen LogP contribution >= 0.6 is 0 Å². The van der Waals surface area contributed by atoms with Gasteiger partial charge in [0.25, 0.3) is 5.91 Å². The number of amides is 2. The predicted molar refractivity (Wildman–Crippen MR) is 122 cm³/mol. The maximum Gasteiger partial charge on any atom is 0.255 e. The molecule has 3 fully saturated rings. The SMILES string of the molecule is COCCO[C@H]1C(=O)N(C2CCN(C(=O)C3(c4ccccc4)CC3)CC2)[C@H]1c1ccncc1. The van der Waals surface area contributed by atoms with Crippen molar-refractivity contribution in [2.45, 2.75) is 49.3 Å². The number of likely N-dealkylation sites (tertiary alicyclic amines) is 2. The monoisotopic (exact) mass is 449 g/mol. The molecular formula is C26H31N3O4. The number of benzene rings is 1. The number of hydrogen-bond acceptors (Lipinski definition) is 5. The van der Waals surface area contributed by atoms with Crippen LogP contribution in [0.2, 0.25) is 0 Å². The maximum atomic E-state index is 13.4. The van der Waals surface area contributed by atoms with Gasteiger partial charge in [-0.15, -0.1) is 0 Å². The van der Waals surface area contributed by atoms with E-state index in [2.05, 4.69) is 17.1 Å². The van der Waals surface area contributed by atoms with Gasteiger partial charge in [-0.05, 0) is 48.9 Å². The lowest BCUT2D eigenvalue weighted by Crippen LogP contribution is -2.65. The minimum atomic E-state index is -0.491. The highest BCUT2D eigenvalue weighted by Crippen LogP contribution is 2.50. The number of nitrogens with zero attached hydrogens (tertiary/aromatic N) is 3. The highest BCUT2D eigenvalue weighted by Gasteiger charge is 2.55. The zero-order valence-electron chi connectivity index (χ0n) is 19.1. The first-order valence-corrected chi connectivity index (χ1v) is 11.8. The summed E-state index contributed by atoms with van der Waals surface area (Å²) in [5, 5.41) is 0. The number of β-lactam (4-membered cyclic amide) rings is 1. The number of carbonyl (C=O) groups excluding carboxylic acids is 2. The Bertz CT molecular complexity index is 972. The predicted octanol–water partition coefficient (Wildman–Crippen LogP) is 2.72. The molecule has 0 spiro atoms. The van der Waals surface area contributed by atoms with E-state index in [4.69, 9.17) is 9.47 Å². The number of pyridine rings is 1. The molecular weight excluding hydrogens is 418 g/mol. The first kappa shape index (κ1) is 22.0. The summed E-state index contributed by atoms with van der Waals surface area (Å²) in [5.41, 5.74) is 1.83. The van der Waals surface area contributed by atoms with E-state index < -0.39 is 6.10 Å². The molecule has 7 nitrogen and oxygen atoms in total. The van der Waals surface area contributed by atoms with E-state index in [1.807, 2.05) is 40.1 Å². The molecule has 174 valence electrons. The van der Waals surface area contributed by atoms with Crippen LogP contribution in [0.3, 0.4) is 0 Å². The summed E-state index contributed by atoms with van der Waals surface area (Å²) in [6, 6.07) is 14.0. The van der Waals surface area contributed by atoms with Crippen molar-refractivity contribution in [3.8, 4) is 0 Å². The highest BCUT2D eigenvalue weighted by molar-refractivity contribution is 5.91. The van der Waals surface area contributed by atoms with Crippen molar-refractivity contribution in [1.29, 1.82) is 0 Å². The van der Waals surface area contributed by atoms with E-state index in [0.29, 0.717) is 26.3 Å². The summed E-state index contributed by atoms with van der Waals surface area (Å²) in [6.07, 6.45) is 6.43. The smallest absolute Gasteiger partial charge is 0.255 e. The van der Waals surface area contributed by atoms with Crippen LogP contribution in [-0.2, 0) is 24.5 Å². The van der Waals surface area contributed by atoms with Gasteiger partial charge in [-0.25, -0.2) is 0 Å². The van der Waals surface area contributed by atoms with E-state index in [1.54, 1.807) is 19.5 Å². The molecule has 33 heavy (non-hydrogen) atoms. The molecule has 3 aliphatic rings. The minimum absolute atomic E-state index is 0.0284. The molecule has 2 aromatic rings. The average molecular weight is 450 g/mol. The number of methoxy groups -OCH3 is 1. The van der Waals surface area contributed by atoms with Crippen molar-refractivity contribution < 1.29 is 19.1 Å². The highest BCUT2D eigenvalue weighted by atomic mass is 16.5. The molecule has 1 saturated carbocycles. The Labute approximate surface area is 194 Å². The Balaban J connectivity index is 1.25. The number of piperidine rings is 1. The molecule has 1 aliphatic carbocycles. The Morgan fingerprint density at radius 1 is 1.06 bits per heavy atom. The Morgan fingerprint density at radius 3 is 2.39 bits per heavy atom. The van der Waals surface area contributed by atoms with E-state index in [9.17, 15) is 9.59 Å². The fourth-order valence-corrected chi connectivity index (χ4v) is 5.36. The standard InChI is InChI=1S/C26H31N3O4/c1-32-17-18-33-23-22(19-7-13-27-14-8-19)29(24(23)30)21-9-15-28(16-10-21)25(31)26(11-12-26)20-5-3-2-4-6-20/h2-8,13-14,21-23H,9-12,15-18H2,1H3/t22-,23+/m0/s1. The Morgan fingerprint density at radius 2 is 1.76 bits per heavy atom. The second-order valence-electron chi connectivity index (χ2n) is 9.23. The first-order chi connectivity index (χ1) is 16.2. The van der Waals surface area contributed by atoms with E-state index in [-0.39, 0.29) is 29.3 Å². The minimum Gasteiger partial charge on any atom is -0.382 e. The normalized spacial score (nSPS) is 24.5. The van der Waals surface area contributed by atoms with Gasteiger partial charge in [0.2, 0.25) is 5.91 Å². The fraction of sp³-hybridized carbons (Fsp3) is 0.500. The zero-order chi connectivity index (χ0) is 22.8. The number of ether oxygens (including phenoxy) is 2. The van der Waals surface area contributed by atoms with Crippen molar-refractivity contribution in [1.82, 2.24) is 14.8 Å². The van der Waals surface area contributed by atoms with Gasteiger partial charge in [0.1, 0.15) is 0 Å². The lowest BCUT2D eigenvalue weighted by atomic mass is 9.86. The van der Waals surface area contributed by atoms with Gasteiger partial charge >= 0.3 is 0 Å². The van der Waals surface area contributed by atoms with Gasteiger partial charge in [0, 0.05) is 38.6 Å². The number of carbonyl (C=O) groups is 2. The van der Waals surface area contributed by atoms with Crippen LogP contribution in [0.4, 0.5) is 0 Å². The number of rotatable bonds is 8. The average Bonchev–Trinajstić information content (AvgIpc) is 3.68. The maximum absolute atomic E-state index is 13.4. The first-order valence-electron chi connectivity index (χ1n) is 11.8. The largest absolute Gasteiger partial charge is 0.382 e. The lowest BCUT2D eigenvalue weighted by molar-refractivity contribution is -0.184. The lowest BCUT2D eigenvalue weighted by Gasteiger charge is -2.52. The van der Waals surface area contributed by atoms with Crippen LogP contribution in [0.5, 0.6) is 0 Å². The van der Waals surface area contributed by atoms with Crippen LogP contribution in [-0.4, -0.2) is 72.2 Å². The van der Waals surface area contributed by atoms with Gasteiger partial charge in [-0.3, -0.25) is 14.6 Å². The molecule has 0 radical (unpaired) electrons. The topological polar surface area (TPSA) is 72.0 Å². The third kappa shape index (κ3) is 4.04. The van der Waals surface area contributed by atoms with Crippen molar-refractivity contribution in [3.63, 3.8) is 0 Å². The molecule has 2 aliphatic heterocycles. The molecule has 7 heteroatoms. The third-order valence-corrected chi connectivity index (χ3v) is 7.35. The molecule has 2 amide bonds. The van der Waals surface area contributed by atoms with E-state index >= 15 is 0 Å². The quantitative estimate of drug-likeness (QED) is 0.458. The van der Waals surface area contributed by atoms with Crippen molar-refractivity contribution in [2.75, 3.05) is 33.4 Å². The van der Waals surface area contributed by atoms with E-state index in [0.717, 1.165) is 36.8 Å². The third-order valence-electron chi connectivity index (χ3n) is 7.35. The van der Waals surface area contributed by atoms with Crippen LogP contribution in [0, 0.1) is 0 Å². The molecule has 2 atom stereocenters. The summed E-state index contributed by atoms with van der Waals surface area (Å²) < 4.78 is 11.0. The second-order valence-corrected chi connectivity index (χ2v) is 9.23. The van der Waals surface area contributed by atoms with Crippen molar-refractivity contribution in [3.05, 3.63) is 66.0 Å². The molecule has 1 aromatic heterocycles. The van der Waals surface area contributed by atoms with Crippen LogP contribution in [0.15, 0.2) is 54.9 Å². The van der Waals surface area contributed by atoms with Gasteiger partial charge in [-0.1, -0.05) is 30.3 Å². The summed E-state index contributed by atoms with van der Waals surface area (Å²) >= 11 is 0. The summed E-state index contributed by atoms with van der Waals surface area (Å²) in [5.74, 6) is 0.272. The van der Waals surface area contributed by atoms with Gasteiger partial charge < -0.3 is 19.3 Å². The van der Waals surface area contributed by atoms with Crippen LogP contribution in [0.25, 0.3) is 0 Å². The number of aromatic nitrogens is 1. The molecule has 1 aromatic carbocycles. The summed E-state index contributed by atoms with van der Waals surface area (Å²) in [6.45, 7) is 2.20. The van der Waals surface area contributed by atoms with Gasteiger partial charge in [-0.2, -0.15) is 0 Å². The Hall–Kier alpha value is -2.77. The van der Waals surface area contributed by atoms with Gasteiger partial charge in [0.15, 0.2) is 6.10 Å². The van der Waals surface area contributed by atoms with Crippen molar-refractivity contribution in [2.24, 2.45) is 0 Å². The zero-order valence-corrected chi connectivity index (χ0v) is 19.1. The van der Waals surface area contributed by atoms with Crippen LogP contribution in [0.1, 0.15) is 42.9 Å². The fourth-order valence-electron chi connectivity index (χ4n) is 5.36. The van der Waals surface area contributed by atoms with Crippen molar-refractivity contribution >= 4 is 11.8 Å². The summed E-state index contributed by atoms with van der Waals surface area (Å²) in [4.78, 5) is 34.6. The van der Waals surface area contributed by atoms with E-state index in [1.165, 1.54) is 0 Å². The molecule has 0 bridgehead atoms. The van der Waals surface area contributed by atoms with Crippen LogP contribution < -0.4 is 0 Å². The molecule has 3 heterocycles. The summed E-state index contributed by atoms with van der Waals surface area (Å²) in [7, 11) is 1.62. The second kappa shape index (κ2) is 9.23. The Kier molecular flexibility index (Phi) is 6.17. The molecule has 2 saturated heterocycles. The molecule has 0 N–H and O–H groups in total. The molecule has 0 unspecified atom stereocenters. The van der Waals surface area contributed by atoms with Gasteiger partial charge in [0.05, 0.1) is 24.7 Å². The molecule has 5 rings (SSSR count). The number of hydrogen-bond donors (Lipinski definition) is 0.